The molecule has 0 spiro atoms. The lowest BCUT2D eigenvalue weighted by atomic mass is 10.2. The molecule has 0 radical (unpaired) electrons. The van der Waals surface area contributed by atoms with Crippen molar-refractivity contribution in [1.82, 2.24) is 10.1 Å². The van der Waals surface area contributed by atoms with Crippen molar-refractivity contribution in [3.05, 3.63) is 34.9 Å². The molecule has 9 heteroatoms. The summed E-state index contributed by atoms with van der Waals surface area (Å²) in [4.78, 5) is 18.3. The van der Waals surface area contributed by atoms with Crippen LogP contribution >= 0.6 is 11.6 Å². The Hall–Kier alpha value is -2.16. The van der Waals surface area contributed by atoms with E-state index in [1.165, 1.54) is 0 Å². The van der Waals surface area contributed by atoms with Crippen LogP contribution in [0.25, 0.3) is 0 Å². The summed E-state index contributed by atoms with van der Waals surface area (Å²) in [5.41, 5.74) is 1.56. The number of nitrogens with zero attached hydrogens (tertiary/aromatic N) is 3. The van der Waals surface area contributed by atoms with E-state index in [1.54, 1.807) is 19.1 Å². The number of ether oxygens (including phenoxy) is 2. The molecule has 0 unspecified atom stereocenters. The molecule has 0 bridgehead atoms. The summed E-state index contributed by atoms with van der Waals surface area (Å²) in [7, 11) is 0. The molecule has 25 heavy (non-hydrogen) atoms. The molecule has 1 aliphatic rings. The Morgan fingerprint density at radius 3 is 2.92 bits per heavy atom. The third-order valence-corrected chi connectivity index (χ3v) is 3.85. The number of aryl methyl sites for hydroxylation is 1. The molecule has 1 amide bonds. The first-order chi connectivity index (χ1) is 12.1. The van der Waals surface area contributed by atoms with Crippen molar-refractivity contribution < 1.29 is 18.8 Å². The number of amides is 1. The van der Waals surface area contributed by atoms with Gasteiger partial charge in [0, 0.05) is 18.1 Å². The first-order valence-electron chi connectivity index (χ1n) is 7.91. The molecule has 2 heterocycles. The van der Waals surface area contributed by atoms with Crippen molar-refractivity contribution in [2.75, 3.05) is 43.1 Å². The fourth-order valence-corrected chi connectivity index (χ4v) is 2.68. The Bertz CT molecular complexity index is 731. The van der Waals surface area contributed by atoms with Gasteiger partial charge in [-0.3, -0.25) is 4.79 Å². The monoisotopic (exact) mass is 366 g/mol. The topological polar surface area (TPSA) is 89.7 Å². The molecule has 2 aromatic rings. The Morgan fingerprint density at radius 2 is 2.20 bits per heavy atom. The average molecular weight is 367 g/mol. The van der Waals surface area contributed by atoms with E-state index < -0.39 is 0 Å². The molecule has 0 saturated carbocycles. The zero-order valence-corrected chi connectivity index (χ0v) is 14.6. The molecule has 1 fully saturated rings. The van der Waals surface area contributed by atoms with Gasteiger partial charge in [0.05, 0.1) is 24.6 Å². The summed E-state index contributed by atoms with van der Waals surface area (Å²) in [6, 6.07) is 5.42. The van der Waals surface area contributed by atoms with Crippen LogP contribution in [0.5, 0.6) is 0 Å². The molecule has 1 saturated heterocycles. The predicted molar refractivity (Wildman–Crippen MR) is 91.8 cm³/mol. The van der Waals surface area contributed by atoms with Gasteiger partial charge >= 0.3 is 0 Å². The van der Waals surface area contributed by atoms with Crippen LogP contribution in [0.4, 0.5) is 11.4 Å². The van der Waals surface area contributed by atoms with Crippen molar-refractivity contribution in [3.8, 4) is 0 Å². The number of hydrogen-bond donors (Lipinski definition) is 1. The number of aromatic nitrogens is 2. The van der Waals surface area contributed by atoms with Crippen LogP contribution in [0.3, 0.4) is 0 Å². The molecular weight excluding hydrogens is 348 g/mol. The third kappa shape index (κ3) is 4.91. The van der Waals surface area contributed by atoms with E-state index in [0.29, 0.717) is 35.6 Å². The van der Waals surface area contributed by atoms with Crippen LogP contribution in [0, 0.1) is 6.92 Å². The third-order valence-electron chi connectivity index (χ3n) is 3.61. The maximum Gasteiger partial charge on any atom is 0.252 e. The highest BCUT2D eigenvalue weighted by Crippen LogP contribution is 2.29. The number of benzene rings is 1. The largest absolute Gasteiger partial charge is 0.378 e. The number of halogens is 1. The second kappa shape index (κ2) is 8.28. The number of rotatable bonds is 6. The van der Waals surface area contributed by atoms with E-state index in [1.807, 2.05) is 6.07 Å². The molecule has 1 aromatic heterocycles. The maximum atomic E-state index is 12.2. The SMILES string of the molecule is Cc1noc(COCC(=O)Nc2cc(Cl)ccc2N2CCOCC2)n1. The fraction of sp³-hybridized carbons (Fsp3) is 0.438. The Labute approximate surface area is 150 Å². The minimum Gasteiger partial charge on any atom is -0.378 e. The van der Waals surface area contributed by atoms with Crippen molar-refractivity contribution in [1.29, 1.82) is 0 Å². The van der Waals surface area contributed by atoms with Gasteiger partial charge in [0.25, 0.3) is 5.89 Å². The molecule has 8 nitrogen and oxygen atoms in total. The van der Waals surface area contributed by atoms with Gasteiger partial charge in [-0.15, -0.1) is 0 Å². The van der Waals surface area contributed by atoms with Crippen molar-refractivity contribution >= 4 is 28.9 Å². The van der Waals surface area contributed by atoms with Crippen LogP contribution in [0.1, 0.15) is 11.7 Å². The average Bonchev–Trinajstić information content (AvgIpc) is 3.01. The molecule has 1 aliphatic heterocycles. The molecule has 1 N–H and O–H groups in total. The fourth-order valence-electron chi connectivity index (χ4n) is 2.50. The van der Waals surface area contributed by atoms with Gasteiger partial charge < -0.3 is 24.2 Å². The smallest absolute Gasteiger partial charge is 0.252 e. The van der Waals surface area contributed by atoms with E-state index in [-0.39, 0.29) is 19.1 Å². The standard InChI is InChI=1S/C16H19ClN4O4/c1-11-18-16(25-20-11)10-24-9-15(22)19-13-8-12(17)2-3-14(13)21-4-6-23-7-5-21/h2-3,8H,4-7,9-10H2,1H3,(H,19,22). The van der Waals surface area contributed by atoms with Gasteiger partial charge in [-0.25, -0.2) is 0 Å². The van der Waals surface area contributed by atoms with E-state index in [4.69, 9.17) is 25.6 Å². The highest BCUT2D eigenvalue weighted by molar-refractivity contribution is 6.31. The van der Waals surface area contributed by atoms with Crippen LogP contribution in [0.15, 0.2) is 22.7 Å². The number of carbonyl (C=O) groups excluding carboxylic acids is 1. The number of nitrogens with one attached hydrogen (secondary N) is 1. The van der Waals surface area contributed by atoms with Gasteiger partial charge in [-0.2, -0.15) is 4.98 Å². The molecular formula is C16H19ClN4O4. The van der Waals surface area contributed by atoms with Crippen LogP contribution in [-0.2, 0) is 20.9 Å². The van der Waals surface area contributed by atoms with E-state index >= 15 is 0 Å². The van der Waals surface area contributed by atoms with Gasteiger partial charge in [0.1, 0.15) is 13.2 Å². The molecule has 3 rings (SSSR count). The maximum absolute atomic E-state index is 12.2. The summed E-state index contributed by atoms with van der Waals surface area (Å²) in [5, 5.41) is 7.05. The van der Waals surface area contributed by atoms with Crippen LogP contribution in [-0.4, -0.2) is 49.0 Å². The molecule has 0 atom stereocenters. The highest BCUT2D eigenvalue weighted by Gasteiger charge is 2.17. The molecule has 0 aliphatic carbocycles. The number of morpholine rings is 1. The van der Waals surface area contributed by atoms with Gasteiger partial charge in [-0.05, 0) is 25.1 Å². The minimum atomic E-state index is -0.284. The van der Waals surface area contributed by atoms with Crippen LogP contribution in [0.2, 0.25) is 5.02 Å². The van der Waals surface area contributed by atoms with Gasteiger partial charge in [0.2, 0.25) is 5.91 Å². The summed E-state index contributed by atoms with van der Waals surface area (Å²) < 4.78 is 15.6. The Balaban J connectivity index is 1.58. The number of anilines is 2. The lowest BCUT2D eigenvalue weighted by molar-refractivity contribution is -0.121. The van der Waals surface area contributed by atoms with E-state index in [2.05, 4.69) is 20.4 Å². The zero-order chi connectivity index (χ0) is 17.6. The Kier molecular flexibility index (Phi) is 5.85. The first kappa shape index (κ1) is 17.7. The highest BCUT2D eigenvalue weighted by atomic mass is 35.5. The quantitative estimate of drug-likeness (QED) is 0.836. The molecule has 1 aromatic carbocycles. The van der Waals surface area contributed by atoms with Crippen LogP contribution < -0.4 is 10.2 Å². The van der Waals surface area contributed by atoms with E-state index in [9.17, 15) is 4.79 Å². The number of hydrogen-bond acceptors (Lipinski definition) is 7. The van der Waals surface area contributed by atoms with Gasteiger partial charge in [-0.1, -0.05) is 16.8 Å². The van der Waals surface area contributed by atoms with E-state index in [0.717, 1.165) is 18.8 Å². The second-order valence-corrected chi connectivity index (χ2v) is 5.97. The number of carbonyl (C=O) groups is 1. The summed E-state index contributed by atoms with van der Waals surface area (Å²) in [6.45, 7) is 4.50. The summed E-state index contributed by atoms with van der Waals surface area (Å²) >= 11 is 6.07. The Morgan fingerprint density at radius 1 is 1.40 bits per heavy atom. The first-order valence-corrected chi connectivity index (χ1v) is 8.28. The summed E-state index contributed by atoms with van der Waals surface area (Å²) in [6.07, 6.45) is 0. The lowest BCUT2D eigenvalue weighted by Gasteiger charge is -2.30. The van der Waals surface area contributed by atoms with Crippen molar-refractivity contribution in [3.63, 3.8) is 0 Å². The predicted octanol–water partition coefficient (Wildman–Crippen LogP) is 2.02. The summed E-state index contributed by atoms with van der Waals surface area (Å²) in [5.74, 6) is 0.576. The second-order valence-electron chi connectivity index (χ2n) is 5.54. The lowest BCUT2D eigenvalue weighted by Crippen LogP contribution is -2.36. The van der Waals surface area contributed by atoms with Crippen molar-refractivity contribution in [2.45, 2.75) is 13.5 Å². The zero-order valence-electron chi connectivity index (χ0n) is 13.8. The van der Waals surface area contributed by atoms with Gasteiger partial charge in [0.15, 0.2) is 5.82 Å². The van der Waals surface area contributed by atoms with Crippen molar-refractivity contribution in [2.24, 2.45) is 0 Å². The molecule has 134 valence electrons. The normalized spacial score (nSPS) is 14.6. The minimum absolute atomic E-state index is 0.0835.